The summed E-state index contributed by atoms with van der Waals surface area (Å²) in [6, 6.07) is 14.9. The zero-order chi connectivity index (χ0) is 19.2. The molecule has 0 saturated heterocycles. The maximum atomic E-state index is 13.0. The van der Waals surface area contributed by atoms with Gasteiger partial charge in [-0.25, -0.2) is 9.18 Å². The van der Waals surface area contributed by atoms with E-state index in [1.165, 1.54) is 24.3 Å². The van der Waals surface area contributed by atoms with E-state index in [1.54, 1.807) is 0 Å². The lowest BCUT2D eigenvalue weighted by Gasteiger charge is -2.18. The van der Waals surface area contributed by atoms with Crippen molar-refractivity contribution in [1.82, 2.24) is 15.1 Å². The lowest BCUT2D eigenvalue weighted by molar-refractivity contribution is -0.122. The fourth-order valence-electron chi connectivity index (χ4n) is 2.79. The number of nitrogens with one attached hydrogen (secondary N) is 1. The third-order valence-electron chi connectivity index (χ3n) is 4.11. The van der Waals surface area contributed by atoms with E-state index in [-0.39, 0.29) is 24.4 Å². The minimum Gasteiger partial charge on any atom is -0.388 e. The monoisotopic (exact) mass is 369 g/mol. The van der Waals surface area contributed by atoms with Gasteiger partial charge in [0, 0.05) is 5.56 Å². The summed E-state index contributed by atoms with van der Waals surface area (Å²) in [4.78, 5) is 24.4. The van der Waals surface area contributed by atoms with Gasteiger partial charge in [-0.1, -0.05) is 43.7 Å². The summed E-state index contributed by atoms with van der Waals surface area (Å²) in [6.07, 6.45) is 1.68. The van der Waals surface area contributed by atoms with Crippen LogP contribution < -0.4 is 11.1 Å². The molecule has 0 aliphatic rings. The number of rotatable bonds is 7. The Kier molecular flexibility index (Phi) is 5.80. The minimum absolute atomic E-state index is 0.0426. The zero-order valence-electron chi connectivity index (χ0n) is 14.9. The Morgan fingerprint density at radius 3 is 2.56 bits per heavy atom. The van der Waals surface area contributed by atoms with Gasteiger partial charge < -0.3 is 9.73 Å². The normalized spacial score (nSPS) is 11.9. The summed E-state index contributed by atoms with van der Waals surface area (Å²) in [5, 5.41) is 6.97. The van der Waals surface area contributed by atoms with Gasteiger partial charge in [-0.05, 0) is 36.2 Å². The minimum atomic E-state index is -0.740. The first kappa shape index (κ1) is 18.6. The van der Waals surface area contributed by atoms with Crippen molar-refractivity contribution in [3.8, 4) is 11.5 Å². The molecule has 140 valence electrons. The molecule has 7 heteroatoms. The molecule has 2 aromatic carbocycles. The van der Waals surface area contributed by atoms with Crippen LogP contribution in [0.5, 0.6) is 0 Å². The Bertz CT molecular complexity index is 949. The number of carbonyl (C=O) groups excluding carboxylic acids is 1. The van der Waals surface area contributed by atoms with Gasteiger partial charge in [-0.2, -0.15) is 4.68 Å². The van der Waals surface area contributed by atoms with Crippen LogP contribution in [0.3, 0.4) is 0 Å². The molecule has 1 heterocycles. The van der Waals surface area contributed by atoms with E-state index in [2.05, 4.69) is 10.4 Å². The molecule has 0 unspecified atom stereocenters. The van der Waals surface area contributed by atoms with Crippen LogP contribution in [-0.2, 0) is 11.3 Å². The van der Waals surface area contributed by atoms with Crippen LogP contribution >= 0.6 is 0 Å². The molecule has 3 rings (SSSR count). The predicted octanol–water partition coefficient (Wildman–Crippen LogP) is 3.30. The lowest BCUT2D eigenvalue weighted by atomic mass is 10.0. The first-order valence-corrected chi connectivity index (χ1v) is 8.75. The van der Waals surface area contributed by atoms with Gasteiger partial charge in [0.05, 0.1) is 6.04 Å². The van der Waals surface area contributed by atoms with E-state index in [0.29, 0.717) is 5.56 Å². The van der Waals surface area contributed by atoms with Gasteiger partial charge in [-0.15, -0.1) is 5.10 Å². The molecule has 3 aromatic rings. The number of carbonyl (C=O) groups is 1. The van der Waals surface area contributed by atoms with Gasteiger partial charge in [0.15, 0.2) is 0 Å². The number of hydrogen-bond donors (Lipinski definition) is 1. The topological polar surface area (TPSA) is 77.1 Å². The second kappa shape index (κ2) is 8.44. The summed E-state index contributed by atoms with van der Waals surface area (Å²) in [5.74, 6) is -1.43. The smallest absolute Gasteiger partial charge is 0.388 e. The van der Waals surface area contributed by atoms with Crippen molar-refractivity contribution < 1.29 is 13.6 Å². The molecule has 0 aliphatic heterocycles. The van der Waals surface area contributed by atoms with Crippen molar-refractivity contribution in [3.63, 3.8) is 0 Å². The van der Waals surface area contributed by atoms with Crippen LogP contribution in [0.25, 0.3) is 11.5 Å². The van der Waals surface area contributed by atoms with Crippen LogP contribution in [-0.4, -0.2) is 15.7 Å². The quantitative estimate of drug-likeness (QED) is 0.693. The molecule has 0 fully saturated rings. The molecule has 1 atom stereocenters. The summed E-state index contributed by atoms with van der Waals surface area (Å²) < 4.78 is 19.0. The second-order valence-corrected chi connectivity index (χ2v) is 6.16. The average molecular weight is 369 g/mol. The van der Waals surface area contributed by atoms with Crippen molar-refractivity contribution in [2.24, 2.45) is 0 Å². The maximum absolute atomic E-state index is 13.0. The molecule has 27 heavy (non-hydrogen) atoms. The highest BCUT2D eigenvalue weighted by molar-refractivity contribution is 5.76. The Labute approximate surface area is 155 Å². The van der Waals surface area contributed by atoms with Gasteiger partial charge >= 0.3 is 5.76 Å². The van der Waals surface area contributed by atoms with Gasteiger partial charge in [0.25, 0.3) is 0 Å². The Balaban J connectivity index is 1.72. The molecular formula is C20H20FN3O3. The third kappa shape index (κ3) is 4.69. The number of amides is 1. The Hall–Kier alpha value is -3.22. The largest absolute Gasteiger partial charge is 0.437 e. The van der Waals surface area contributed by atoms with E-state index >= 15 is 0 Å². The average Bonchev–Trinajstić information content (AvgIpc) is 3.03. The standard InChI is InChI=1S/C20H20FN3O3/c1-2-6-17(14-7-4-3-5-8-14)22-18(25)13-24-20(26)27-19(23-24)15-9-11-16(21)12-10-15/h3-5,7-12,17H,2,6,13H2,1H3,(H,22,25)/t17-/m0/s1. The SMILES string of the molecule is CCC[C@H](NC(=O)Cn1nc(-c2ccc(F)cc2)oc1=O)c1ccccc1. The van der Waals surface area contributed by atoms with Crippen LogP contribution in [0.15, 0.2) is 63.8 Å². The van der Waals surface area contributed by atoms with E-state index < -0.39 is 11.6 Å². The van der Waals surface area contributed by atoms with E-state index in [0.717, 1.165) is 23.1 Å². The molecule has 0 spiro atoms. The molecule has 0 saturated carbocycles. The van der Waals surface area contributed by atoms with Crippen LogP contribution in [0, 0.1) is 5.82 Å². The van der Waals surface area contributed by atoms with Crippen LogP contribution in [0.2, 0.25) is 0 Å². The highest BCUT2D eigenvalue weighted by Gasteiger charge is 2.17. The maximum Gasteiger partial charge on any atom is 0.437 e. The number of nitrogens with zero attached hydrogens (tertiary/aromatic N) is 2. The summed E-state index contributed by atoms with van der Waals surface area (Å²) in [5.41, 5.74) is 1.47. The van der Waals surface area contributed by atoms with Gasteiger partial charge in [0.1, 0.15) is 12.4 Å². The summed E-state index contributed by atoms with van der Waals surface area (Å²) in [7, 11) is 0. The molecule has 0 bridgehead atoms. The Morgan fingerprint density at radius 1 is 1.19 bits per heavy atom. The van der Waals surface area contributed by atoms with Crippen molar-refractivity contribution in [1.29, 1.82) is 0 Å². The van der Waals surface area contributed by atoms with Crippen LogP contribution in [0.4, 0.5) is 4.39 Å². The molecule has 6 nitrogen and oxygen atoms in total. The van der Waals surface area contributed by atoms with Crippen molar-refractivity contribution in [3.05, 3.63) is 76.5 Å². The molecular weight excluding hydrogens is 349 g/mol. The molecule has 1 N–H and O–H groups in total. The van der Waals surface area contributed by atoms with Gasteiger partial charge in [-0.3, -0.25) is 4.79 Å². The number of aromatic nitrogens is 2. The second-order valence-electron chi connectivity index (χ2n) is 6.16. The molecule has 0 radical (unpaired) electrons. The first-order valence-electron chi connectivity index (χ1n) is 8.75. The summed E-state index contributed by atoms with van der Waals surface area (Å²) in [6.45, 7) is 1.79. The zero-order valence-corrected chi connectivity index (χ0v) is 14.9. The highest BCUT2D eigenvalue weighted by atomic mass is 19.1. The van der Waals surface area contributed by atoms with Crippen LogP contribution in [0.1, 0.15) is 31.4 Å². The third-order valence-corrected chi connectivity index (χ3v) is 4.11. The van der Waals surface area contributed by atoms with Crippen molar-refractivity contribution >= 4 is 5.91 Å². The summed E-state index contributed by atoms with van der Waals surface area (Å²) >= 11 is 0. The Morgan fingerprint density at radius 2 is 1.89 bits per heavy atom. The number of hydrogen-bond acceptors (Lipinski definition) is 4. The lowest BCUT2D eigenvalue weighted by Crippen LogP contribution is -2.34. The molecule has 0 aliphatic carbocycles. The fraction of sp³-hybridized carbons (Fsp3) is 0.250. The van der Waals surface area contributed by atoms with E-state index in [9.17, 15) is 14.0 Å². The predicted molar refractivity (Wildman–Crippen MR) is 98.4 cm³/mol. The number of benzene rings is 2. The van der Waals surface area contributed by atoms with E-state index in [1.807, 2.05) is 37.3 Å². The van der Waals surface area contributed by atoms with Crippen molar-refractivity contribution in [2.75, 3.05) is 0 Å². The molecule has 1 aromatic heterocycles. The van der Waals surface area contributed by atoms with E-state index in [4.69, 9.17) is 4.42 Å². The van der Waals surface area contributed by atoms with Crippen molar-refractivity contribution in [2.45, 2.75) is 32.4 Å². The fourth-order valence-corrected chi connectivity index (χ4v) is 2.79. The van der Waals surface area contributed by atoms with Gasteiger partial charge in [0.2, 0.25) is 11.8 Å². The highest BCUT2D eigenvalue weighted by Crippen LogP contribution is 2.18. The number of halogens is 1. The first-order chi connectivity index (χ1) is 13.1. The molecule has 1 amide bonds.